The fourth-order valence-electron chi connectivity index (χ4n) is 1.97. The predicted octanol–water partition coefficient (Wildman–Crippen LogP) is 2.37. The molecule has 1 rings (SSSR count). The second kappa shape index (κ2) is 4.04. The van der Waals surface area contributed by atoms with Crippen LogP contribution in [0.1, 0.15) is 61.3 Å². The monoisotopic (exact) mass is 210 g/mol. The van der Waals surface area contributed by atoms with E-state index in [9.17, 15) is 4.79 Å². The van der Waals surface area contributed by atoms with Gasteiger partial charge >= 0.3 is 5.97 Å². The van der Waals surface area contributed by atoms with Crippen LogP contribution in [0.25, 0.3) is 0 Å². The molecule has 1 aromatic heterocycles. The van der Waals surface area contributed by atoms with E-state index in [2.05, 4.69) is 18.9 Å². The van der Waals surface area contributed by atoms with Crippen LogP contribution in [0.2, 0.25) is 0 Å². The second-order valence-electron chi connectivity index (χ2n) is 4.39. The van der Waals surface area contributed by atoms with Gasteiger partial charge in [0, 0.05) is 18.3 Å². The molecule has 0 aliphatic rings. The van der Waals surface area contributed by atoms with Crippen LogP contribution < -0.4 is 0 Å². The normalized spacial score (nSPS) is 11.4. The third kappa shape index (κ3) is 2.03. The van der Waals surface area contributed by atoms with Crippen LogP contribution >= 0.6 is 0 Å². The lowest BCUT2D eigenvalue weighted by atomic mass is 9.95. The van der Waals surface area contributed by atoms with E-state index in [0.29, 0.717) is 0 Å². The lowest BCUT2D eigenvalue weighted by Crippen LogP contribution is -2.05. The number of carbonyl (C=O) groups is 1. The van der Waals surface area contributed by atoms with Gasteiger partial charge in [0.25, 0.3) is 0 Å². The van der Waals surface area contributed by atoms with Crippen molar-refractivity contribution in [3.05, 3.63) is 17.0 Å². The number of carboxylic acid groups (broad SMARTS) is 1. The van der Waals surface area contributed by atoms with Crippen molar-refractivity contribution in [1.82, 2.24) is 9.78 Å². The van der Waals surface area contributed by atoms with Gasteiger partial charge in [0.1, 0.15) is 0 Å². The summed E-state index contributed by atoms with van der Waals surface area (Å²) in [6, 6.07) is 0. The standard InChI is InChI=1S/C11H18N2O2/c1-6(2)8-9(11(14)15)12-13(5)10(8)7(3)4/h6-7H,1-5H3,(H,14,15). The molecule has 1 aromatic rings. The Morgan fingerprint density at radius 2 is 1.80 bits per heavy atom. The van der Waals surface area contributed by atoms with Crippen LogP contribution in [0.15, 0.2) is 0 Å². The molecule has 0 amide bonds. The summed E-state index contributed by atoms with van der Waals surface area (Å²) in [6.45, 7) is 8.09. The highest BCUT2D eigenvalue weighted by Crippen LogP contribution is 2.28. The van der Waals surface area contributed by atoms with Crippen molar-refractivity contribution in [3.8, 4) is 0 Å². The molecule has 0 bridgehead atoms. The average molecular weight is 210 g/mol. The van der Waals surface area contributed by atoms with Crippen molar-refractivity contribution < 1.29 is 9.90 Å². The third-order valence-corrected chi connectivity index (χ3v) is 2.46. The van der Waals surface area contributed by atoms with Gasteiger partial charge in [-0.3, -0.25) is 4.68 Å². The van der Waals surface area contributed by atoms with Gasteiger partial charge in [-0.25, -0.2) is 4.79 Å². The van der Waals surface area contributed by atoms with Crippen molar-refractivity contribution in [3.63, 3.8) is 0 Å². The summed E-state index contributed by atoms with van der Waals surface area (Å²) < 4.78 is 1.68. The minimum Gasteiger partial charge on any atom is -0.476 e. The van der Waals surface area contributed by atoms with E-state index < -0.39 is 5.97 Å². The quantitative estimate of drug-likeness (QED) is 0.833. The number of aromatic nitrogens is 2. The van der Waals surface area contributed by atoms with Gasteiger partial charge in [-0.05, 0) is 11.8 Å². The molecule has 1 heterocycles. The summed E-state index contributed by atoms with van der Waals surface area (Å²) in [5, 5.41) is 13.1. The van der Waals surface area contributed by atoms with Crippen molar-refractivity contribution in [2.24, 2.45) is 7.05 Å². The molecule has 4 heteroatoms. The number of rotatable bonds is 3. The third-order valence-electron chi connectivity index (χ3n) is 2.46. The fourth-order valence-corrected chi connectivity index (χ4v) is 1.97. The zero-order valence-electron chi connectivity index (χ0n) is 9.90. The first-order chi connectivity index (χ1) is 6.86. The van der Waals surface area contributed by atoms with E-state index >= 15 is 0 Å². The number of hydrogen-bond acceptors (Lipinski definition) is 2. The van der Waals surface area contributed by atoms with E-state index in [4.69, 9.17) is 5.11 Å². The molecular formula is C11H18N2O2. The van der Waals surface area contributed by atoms with Crippen LogP contribution in [-0.4, -0.2) is 20.9 Å². The largest absolute Gasteiger partial charge is 0.476 e. The maximum absolute atomic E-state index is 11.0. The van der Waals surface area contributed by atoms with E-state index in [1.807, 2.05) is 13.8 Å². The molecule has 0 aromatic carbocycles. The molecule has 15 heavy (non-hydrogen) atoms. The van der Waals surface area contributed by atoms with Gasteiger partial charge in [0.15, 0.2) is 5.69 Å². The molecular weight excluding hydrogens is 192 g/mol. The summed E-state index contributed by atoms with van der Waals surface area (Å²) in [5.41, 5.74) is 2.07. The number of hydrogen-bond donors (Lipinski definition) is 1. The maximum Gasteiger partial charge on any atom is 0.356 e. The molecule has 4 nitrogen and oxygen atoms in total. The minimum absolute atomic E-state index is 0.183. The van der Waals surface area contributed by atoms with Crippen LogP contribution in [0, 0.1) is 0 Å². The molecule has 0 aliphatic carbocycles. The molecule has 0 atom stereocenters. The van der Waals surface area contributed by atoms with Crippen LogP contribution in [0.5, 0.6) is 0 Å². The van der Waals surface area contributed by atoms with Gasteiger partial charge in [-0.1, -0.05) is 27.7 Å². The molecule has 1 N–H and O–H groups in total. The van der Waals surface area contributed by atoms with E-state index in [1.54, 1.807) is 11.7 Å². The second-order valence-corrected chi connectivity index (χ2v) is 4.39. The van der Waals surface area contributed by atoms with Gasteiger partial charge in [0.2, 0.25) is 0 Å². The number of aromatic carboxylic acids is 1. The van der Waals surface area contributed by atoms with E-state index in [0.717, 1.165) is 11.3 Å². The molecule has 0 radical (unpaired) electrons. The molecule has 0 aliphatic heterocycles. The Morgan fingerprint density at radius 3 is 2.13 bits per heavy atom. The Morgan fingerprint density at radius 1 is 1.27 bits per heavy atom. The number of carboxylic acids is 1. The fraction of sp³-hybridized carbons (Fsp3) is 0.636. The highest BCUT2D eigenvalue weighted by molar-refractivity contribution is 5.87. The average Bonchev–Trinajstić information content (AvgIpc) is 2.42. The SMILES string of the molecule is CC(C)c1c(C(=O)O)nn(C)c1C(C)C. The Bertz CT molecular complexity index is 378. The van der Waals surface area contributed by atoms with Gasteiger partial charge in [0.05, 0.1) is 0 Å². The van der Waals surface area contributed by atoms with E-state index in [-0.39, 0.29) is 17.5 Å². The van der Waals surface area contributed by atoms with Crippen molar-refractivity contribution in [1.29, 1.82) is 0 Å². The first-order valence-electron chi connectivity index (χ1n) is 5.16. The van der Waals surface area contributed by atoms with Crippen LogP contribution in [-0.2, 0) is 7.05 Å². The predicted molar refractivity (Wildman–Crippen MR) is 58.3 cm³/mol. The zero-order valence-corrected chi connectivity index (χ0v) is 9.90. The summed E-state index contributed by atoms with van der Waals surface area (Å²) in [4.78, 5) is 11.0. The van der Waals surface area contributed by atoms with Crippen molar-refractivity contribution in [2.45, 2.75) is 39.5 Å². The Balaban J connectivity index is 3.44. The van der Waals surface area contributed by atoms with E-state index in [1.165, 1.54) is 0 Å². The van der Waals surface area contributed by atoms with Crippen molar-refractivity contribution in [2.75, 3.05) is 0 Å². The first kappa shape index (κ1) is 11.8. The zero-order chi connectivity index (χ0) is 11.7. The molecule has 0 unspecified atom stereocenters. The molecule has 0 saturated heterocycles. The summed E-state index contributed by atoms with van der Waals surface area (Å²) >= 11 is 0. The summed E-state index contributed by atoms with van der Waals surface area (Å²) in [6.07, 6.45) is 0. The van der Waals surface area contributed by atoms with Gasteiger partial charge in [-0.2, -0.15) is 5.10 Å². The highest BCUT2D eigenvalue weighted by Gasteiger charge is 2.24. The number of nitrogens with zero attached hydrogens (tertiary/aromatic N) is 2. The molecule has 0 fully saturated rings. The maximum atomic E-state index is 11.0. The summed E-state index contributed by atoms with van der Waals surface area (Å²) in [7, 11) is 1.80. The lowest BCUT2D eigenvalue weighted by molar-refractivity contribution is 0.0688. The molecule has 0 spiro atoms. The Labute approximate surface area is 89.9 Å². The van der Waals surface area contributed by atoms with Crippen LogP contribution in [0.4, 0.5) is 0 Å². The van der Waals surface area contributed by atoms with Crippen LogP contribution in [0.3, 0.4) is 0 Å². The first-order valence-corrected chi connectivity index (χ1v) is 5.16. The Kier molecular flexibility index (Phi) is 3.17. The minimum atomic E-state index is -0.943. The number of aryl methyl sites for hydroxylation is 1. The van der Waals surface area contributed by atoms with Gasteiger partial charge < -0.3 is 5.11 Å². The molecule has 84 valence electrons. The highest BCUT2D eigenvalue weighted by atomic mass is 16.4. The van der Waals surface area contributed by atoms with Crippen molar-refractivity contribution >= 4 is 5.97 Å². The summed E-state index contributed by atoms with van der Waals surface area (Å²) in [5.74, 6) is -0.476. The molecule has 0 saturated carbocycles. The lowest BCUT2D eigenvalue weighted by Gasteiger charge is -2.12. The Hall–Kier alpha value is -1.32. The topological polar surface area (TPSA) is 55.1 Å². The smallest absolute Gasteiger partial charge is 0.356 e. The van der Waals surface area contributed by atoms with Gasteiger partial charge in [-0.15, -0.1) is 0 Å².